The molecule has 3 N–H and O–H groups in total. The molecule has 0 aliphatic rings. The van der Waals surface area contributed by atoms with Crippen LogP contribution in [0.15, 0.2) is 12.2 Å². The van der Waals surface area contributed by atoms with E-state index in [1.807, 2.05) is 0 Å². The maximum atomic E-state index is 12.5. The fourth-order valence-electron chi connectivity index (χ4n) is 8.93. The van der Waals surface area contributed by atoms with E-state index in [-0.39, 0.29) is 18.5 Å². The molecule has 0 aromatic carbocycles. The van der Waals surface area contributed by atoms with Crippen LogP contribution in [0.4, 0.5) is 0 Å². The van der Waals surface area contributed by atoms with Gasteiger partial charge in [-0.1, -0.05) is 264 Å². The highest BCUT2D eigenvalue weighted by Crippen LogP contribution is 2.17. The molecular weight excluding hydrogens is 779 g/mol. The van der Waals surface area contributed by atoms with Crippen molar-refractivity contribution >= 4 is 11.9 Å². The van der Waals surface area contributed by atoms with Gasteiger partial charge in [0.05, 0.1) is 25.4 Å². The summed E-state index contributed by atoms with van der Waals surface area (Å²) < 4.78 is 5.47. The summed E-state index contributed by atoms with van der Waals surface area (Å²) in [6.07, 6.45) is 61.9. The van der Waals surface area contributed by atoms with Crippen molar-refractivity contribution in [1.29, 1.82) is 0 Å². The molecule has 2 unspecified atom stereocenters. The van der Waals surface area contributed by atoms with E-state index in [4.69, 9.17) is 4.74 Å². The summed E-state index contributed by atoms with van der Waals surface area (Å²) >= 11 is 0. The fourth-order valence-corrected chi connectivity index (χ4v) is 8.93. The molecule has 0 radical (unpaired) electrons. The number of esters is 1. The molecule has 6 nitrogen and oxygen atoms in total. The van der Waals surface area contributed by atoms with Crippen LogP contribution >= 0.6 is 0 Å². The molecule has 374 valence electrons. The van der Waals surface area contributed by atoms with Crippen molar-refractivity contribution in [2.24, 2.45) is 0 Å². The Bertz CT molecular complexity index is 939. The Balaban J connectivity index is 3.48. The first-order chi connectivity index (χ1) is 31.0. The molecular formula is C57H111NO5. The quantitative estimate of drug-likeness (QED) is 0.0321. The molecule has 0 heterocycles. The zero-order valence-corrected chi connectivity index (χ0v) is 42.6. The minimum Gasteiger partial charge on any atom is -0.466 e. The third-order valence-electron chi connectivity index (χ3n) is 13.3. The van der Waals surface area contributed by atoms with Crippen molar-refractivity contribution in [2.75, 3.05) is 13.2 Å². The van der Waals surface area contributed by atoms with Gasteiger partial charge in [0.2, 0.25) is 5.91 Å². The van der Waals surface area contributed by atoms with Crippen molar-refractivity contribution in [3.8, 4) is 0 Å². The molecule has 0 aliphatic heterocycles. The van der Waals surface area contributed by atoms with Crippen LogP contribution in [0.25, 0.3) is 0 Å². The first-order valence-electron chi connectivity index (χ1n) is 28.4. The zero-order chi connectivity index (χ0) is 45.8. The number of ether oxygens (including phenoxy) is 1. The number of hydrogen-bond donors (Lipinski definition) is 3. The Morgan fingerprint density at radius 2 is 0.746 bits per heavy atom. The Morgan fingerprint density at radius 1 is 0.429 bits per heavy atom. The highest BCUT2D eigenvalue weighted by atomic mass is 16.5. The van der Waals surface area contributed by atoms with Crippen LogP contribution in [0.3, 0.4) is 0 Å². The lowest BCUT2D eigenvalue weighted by Crippen LogP contribution is -2.45. The number of rotatable bonds is 53. The van der Waals surface area contributed by atoms with Crippen LogP contribution in [0.5, 0.6) is 0 Å². The maximum absolute atomic E-state index is 12.5. The second-order valence-electron chi connectivity index (χ2n) is 19.6. The van der Waals surface area contributed by atoms with Gasteiger partial charge >= 0.3 is 5.97 Å². The molecule has 63 heavy (non-hydrogen) atoms. The van der Waals surface area contributed by atoms with E-state index in [2.05, 4.69) is 31.3 Å². The number of carbonyl (C=O) groups excluding carboxylic acids is 2. The minimum atomic E-state index is -0.681. The highest BCUT2D eigenvalue weighted by molar-refractivity contribution is 5.76. The van der Waals surface area contributed by atoms with E-state index in [1.165, 1.54) is 212 Å². The summed E-state index contributed by atoms with van der Waals surface area (Å²) in [7, 11) is 0. The standard InChI is InChI=1S/C57H111NO5/c1-3-5-7-9-11-13-15-17-19-20-21-23-25-29-33-37-41-45-49-55(60)54(53-59)58-56(61)50-46-42-38-34-30-26-24-28-32-36-40-44-48-52-63-57(62)51-47-43-39-35-31-27-22-18-16-14-12-10-8-6-4-2/h26,30,54-55,59-60H,3-25,27-29,31-53H2,1-2H3,(H,58,61)/b30-26-. The molecule has 0 aliphatic carbocycles. The number of carbonyl (C=O) groups is 2. The van der Waals surface area contributed by atoms with E-state index < -0.39 is 12.1 Å². The Labute approximate surface area is 393 Å². The van der Waals surface area contributed by atoms with Gasteiger partial charge in [0.25, 0.3) is 0 Å². The number of unbranched alkanes of at least 4 members (excludes halogenated alkanes) is 40. The second kappa shape index (κ2) is 53.2. The van der Waals surface area contributed by atoms with Gasteiger partial charge in [-0.05, 0) is 51.4 Å². The van der Waals surface area contributed by atoms with E-state index >= 15 is 0 Å². The van der Waals surface area contributed by atoms with Crippen LogP contribution in [0.2, 0.25) is 0 Å². The van der Waals surface area contributed by atoms with Gasteiger partial charge in [-0.15, -0.1) is 0 Å². The van der Waals surface area contributed by atoms with Crippen molar-refractivity contribution in [3.05, 3.63) is 12.2 Å². The minimum absolute atomic E-state index is 0.00895. The van der Waals surface area contributed by atoms with E-state index in [0.717, 1.165) is 70.6 Å². The van der Waals surface area contributed by atoms with Gasteiger partial charge in [-0.3, -0.25) is 9.59 Å². The van der Waals surface area contributed by atoms with Crippen LogP contribution in [-0.4, -0.2) is 47.4 Å². The number of aliphatic hydroxyl groups is 2. The average molecular weight is 891 g/mol. The summed E-state index contributed by atoms with van der Waals surface area (Å²) in [4.78, 5) is 24.5. The van der Waals surface area contributed by atoms with Crippen molar-refractivity contribution in [1.82, 2.24) is 5.32 Å². The predicted octanol–water partition coefficient (Wildman–Crippen LogP) is 17.3. The van der Waals surface area contributed by atoms with Crippen LogP contribution in [-0.2, 0) is 14.3 Å². The summed E-state index contributed by atoms with van der Waals surface area (Å²) in [5.41, 5.74) is 0. The van der Waals surface area contributed by atoms with Crippen LogP contribution in [0.1, 0.15) is 316 Å². The van der Waals surface area contributed by atoms with Crippen molar-refractivity contribution in [2.45, 2.75) is 328 Å². The predicted molar refractivity (Wildman–Crippen MR) is 273 cm³/mol. The van der Waals surface area contributed by atoms with Gasteiger partial charge in [0.1, 0.15) is 0 Å². The average Bonchev–Trinajstić information content (AvgIpc) is 3.28. The van der Waals surface area contributed by atoms with Gasteiger partial charge in [0, 0.05) is 12.8 Å². The first-order valence-corrected chi connectivity index (χ1v) is 28.4. The SMILES string of the molecule is CCCCCCCCCCCCCCCCCCCCC(O)C(CO)NC(=O)CCCCC/C=C\CCCCCCCCOC(=O)CCCCCCCCCCCCCCCCC. The highest BCUT2D eigenvalue weighted by Gasteiger charge is 2.20. The second-order valence-corrected chi connectivity index (χ2v) is 19.6. The Kier molecular flexibility index (Phi) is 52.0. The molecule has 0 spiro atoms. The third-order valence-corrected chi connectivity index (χ3v) is 13.3. The van der Waals surface area contributed by atoms with Crippen LogP contribution < -0.4 is 5.32 Å². The van der Waals surface area contributed by atoms with E-state index in [9.17, 15) is 19.8 Å². The van der Waals surface area contributed by atoms with E-state index in [0.29, 0.717) is 25.9 Å². The zero-order valence-electron chi connectivity index (χ0n) is 42.6. The Hall–Kier alpha value is -1.40. The van der Waals surface area contributed by atoms with E-state index in [1.54, 1.807) is 0 Å². The lowest BCUT2D eigenvalue weighted by molar-refractivity contribution is -0.143. The van der Waals surface area contributed by atoms with Gasteiger partial charge in [-0.25, -0.2) is 0 Å². The first kappa shape index (κ1) is 61.6. The van der Waals surface area contributed by atoms with Crippen molar-refractivity contribution < 1.29 is 24.5 Å². The molecule has 0 rings (SSSR count). The van der Waals surface area contributed by atoms with Gasteiger partial charge in [-0.2, -0.15) is 0 Å². The number of nitrogens with one attached hydrogen (secondary N) is 1. The molecule has 0 bridgehead atoms. The normalized spacial score (nSPS) is 12.6. The summed E-state index contributed by atoms with van der Waals surface area (Å²) in [5, 5.41) is 23.3. The Morgan fingerprint density at radius 3 is 1.14 bits per heavy atom. The number of allylic oxidation sites excluding steroid dienone is 2. The maximum Gasteiger partial charge on any atom is 0.305 e. The molecule has 6 heteroatoms. The van der Waals surface area contributed by atoms with Crippen molar-refractivity contribution in [3.63, 3.8) is 0 Å². The number of amides is 1. The molecule has 0 aromatic rings. The smallest absolute Gasteiger partial charge is 0.305 e. The largest absolute Gasteiger partial charge is 0.466 e. The molecule has 0 aromatic heterocycles. The summed E-state index contributed by atoms with van der Waals surface area (Å²) in [6.45, 7) is 4.93. The third kappa shape index (κ3) is 49.9. The fraction of sp³-hybridized carbons (Fsp3) is 0.930. The lowest BCUT2D eigenvalue weighted by Gasteiger charge is -2.22. The topological polar surface area (TPSA) is 95.9 Å². The molecule has 0 fully saturated rings. The molecule has 0 saturated carbocycles. The summed E-state index contributed by atoms with van der Waals surface area (Å²) in [6, 6.07) is -0.561. The lowest BCUT2D eigenvalue weighted by atomic mass is 10.0. The number of hydrogen-bond acceptors (Lipinski definition) is 5. The van der Waals surface area contributed by atoms with Crippen LogP contribution in [0, 0.1) is 0 Å². The summed E-state index contributed by atoms with van der Waals surface area (Å²) in [5.74, 6) is -0.0709. The van der Waals surface area contributed by atoms with Gasteiger partial charge < -0.3 is 20.3 Å². The molecule has 2 atom stereocenters. The monoisotopic (exact) mass is 890 g/mol. The van der Waals surface area contributed by atoms with Gasteiger partial charge in [0.15, 0.2) is 0 Å². The molecule has 1 amide bonds. The number of aliphatic hydroxyl groups excluding tert-OH is 2. The molecule has 0 saturated heterocycles.